The molecule has 4 atom stereocenters. The van der Waals surface area contributed by atoms with Gasteiger partial charge in [-0.1, -0.05) is 30.4 Å². The summed E-state index contributed by atoms with van der Waals surface area (Å²) in [5.74, 6) is -0.501. The first-order chi connectivity index (χ1) is 11.5. The minimum absolute atomic E-state index is 0.00426. The summed E-state index contributed by atoms with van der Waals surface area (Å²) in [6, 6.07) is 7.51. The number of allylic oxidation sites excluding steroid dienone is 2. The lowest BCUT2D eigenvalue weighted by molar-refractivity contribution is -0.140. The van der Waals surface area contributed by atoms with Gasteiger partial charge in [-0.2, -0.15) is 0 Å². The number of anilines is 1. The summed E-state index contributed by atoms with van der Waals surface area (Å²) in [5, 5.41) is 0. The quantitative estimate of drug-likeness (QED) is 0.632. The number of carbonyl (C=O) groups excluding carboxylic acids is 3. The lowest BCUT2D eigenvalue weighted by atomic mass is 9.85. The van der Waals surface area contributed by atoms with E-state index in [2.05, 4.69) is 12.2 Å². The Hall–Kier alpha value is -2.43. The second-order valence-electron chi connectivity index (χ2n) is 6.98. The molecular weight excluding hydrogens is 304 g/mol. The predicted molar refractivity (Wildman–Crippen MR) is 88.8 cm³/mol. The molecule has 2 bridgehead atoms. The number of imide groups is 1. The summed E-state index contributed by atoms with van der Waals surface area (Å²) in [4.78, 5) is 40.5. The molecule has 0 aromatic heterocycles. The molecule has 0 spiro atoms. The van der Waals surface area contributed by atoms with Gasteiger partial charge in [0.25, 0.3) is 0 Å². The average Bonchev–Trinajstić information content (AvgIpc) is 3.22. The van der Waals surface area contributed by atoms with Crippen LogP contribution in [0, 0.1) is 30.6 Å². The molecule has 5 nitrogen and oxygen atoms in total. The Morgan fingerprint density at radius 3 is 2.25 bits per heavy atom. The van der Waals surface area contributed by atoms with Crippen molar-refractivity contribution in [3.8, 4) is 0 Å². The number of hydrogen-bond donors (Lipinski definition) is 0. The van der Waals surface area contributed by atoms with E-state index < -0.39 is 0 Å². The van der Waals surface area contributed by atoms with E-state index in [1.54, 1.807) is 0 Å². The first-order valence-electron chi connectivity index (χ1n) is 8.36. The fourth-order valence-corrected chi connectivity index (χ4v) is 4.46. The van der Waals surface area contributed by atoms with Gasteiger partial charge in [-0.15, -0.1) is 0 Å². The molecule has 4 rings (SSSR count). The molecule has 0 N–H and O–H groups in total. The van der Waals surface area contributed by atoms with Crippen LogP contribution in [0.15, 0.2) is 36.4 Å². The minimum Gasteiger partial charge on any atom is -0.294 e. The molecule has 5 heteroatoms. The second kappa shape index (κ2) is 5.30. The van der Waals surface area contributed by atoms with Crippen LogP contribution in [-0.4, -0.2) is 29.3 Å². The number of hydrogen-bond acceptors (Lipinski definition) is 3. The van der Waals surface area contributed by atoms with Crippen molar-refractivity contribution < 1.29 is 14.4 Å². The predicted octanol–water partition coefficient (Wildman–Crippen LogP) is 2.11. The molecule has 0 radical (unpaired) electrons. The van der Waals surface area contributed by atoms with Gasteiger partial charge in [-0.25, -0.2) is 0 Å². The van der Waals surface area contributed by atoms with Crippen LogP contribution in [0.1, 0.15) is 18.9 Å². The first-order valence-corrected chi connectivity index (χ1v) is 8.36. The number of amides is 3. The van der Waals surface area contributed by atoms with Crippen molar-refractivity contribution in [2.45, 2.75) is 20.3 Å². The molecule has 1 aromatic carbocycles. The SMILES string of the molecule is CC(=O)N(CN1C(=O)C2C3C=CC(C3)C2C1=O)c1ccccc1C. The fourth-order valence-electron chi connectivity index (χ4n) is 4.46. The van der Waals surface area contributed by atoms with Crippen LogP contribution in [0.3, 0.4) is 0 Å². The Morgan fingerprint density at radius 1 is 1.12 bits per heavy atom. The van der Waals surface area contributed by atoms with Crippen molar-refractivity contribution in [3.63, 3.8) is 0 Å². The standard InChI is InChI=1S/C19H20N2O3/c1-11-5-3-4-6-15(11)20(12(2)22)10-21-18(23)16-13-7-8-14(9-13)17(16)19(21)24/h3-8,13-14,16-17H,9-10H2,1-2H3. The lowest BCUT2D eigenvalue weighted by Crippen LogP contribution is -2.45. The number of benzene rings is 1. The smallest absolute Gasteiger partial charge is 0.235 e. The maximum Gasteiger partial charge on any atom is 0.235 e. The molecule has 124 valence electrons. The van der Waals surface area contributed by atoms with E-state index in [0.29, 0.717) is 0 Å². The third-order valence-electron chi connectivity index (χ3n) is 5.63. The molecule has 1 saturated carbocycles. The molecule has 2 aliphatic carbocycles. The van der Waals surface area contributed by atoms with Crippen molar-refractivity contribution in [1.82, 2.24) is 4.90 Å². The summed E-state index contributed by atoms with van der Waals surface area (Å²) in [7, 11) is 0. The molecule has 24 heavy (non-hydrogen) atoms. The van der Waals surface area contributed by atoms with Crippen LogP contribution in [0.5, 0.6) is 0 Å². The highest BCUT2D eigenvalue weighted by molar-refractivity contribution is 6.07. The number of aryl methyl sites for hydroxylation is 1. The Morgan fingerprint density at radius 2 is 1.71 bits per heavy atom. The topological polar surface area (TPSA) is 57.7 Å². The number of carbonyl (C=O) groups is 3. The highest BCUT2D eigenvalue weighted by atomic mass is 16.2. The summed E-state index contributed by atoms with van der Waals surface area (Å²) in [6.07, 6.45) is 5.06. The molecule has 1 heterocycles. The van der Waals surface area contributed by atoms with Crippen molar-refractivity contribution in [3.05, 3.63) is 42.0 Å². The molecule has 3 amide bonds. The number of rotatable bonds is 3. The normalized spacial score (nSPS) is 30.2. The molecule has 4 unspecified atom stereocenters. The minimum atomic E-state index is -0.224. The van der Waals surface area contributed by atoms with Crippen LogP contribution in [-0.2, 0) is 14.4 Å². The molecule has 3 aliphatic rings. The largest absolute Gasteiger partial charge is 0.294 e. The second-order valence-corrected chi connectivity index (χ2v) is 6.98. The van der Waals surface area contributed by atoms with E-state index in [-0.39, 0.29) is 48.1 Å². The summed E-state index contributed by atoms with van der Waals surface area (Å²) >= 11 is 0. The van der Waals surface area contributed by atoms with Gasteiger partial charge in [-0.05, 0) is 36.8 Å². The molecule has 1 saturated heterocycles. The van der Waals surface area contributed by atoms with Crippen LogP contribution in [0.4, 0.5) is 5.69 Å². The number of likely N-dealkylation sites (tertiary alicyclic amines) is 1. The van der Waals surface area contributed by atoms with Gasteiger partial charge in [0.05, 0.1) is 11.8 Å². The van der Waals surface area contributed by atoms with Gasteiger partial charge in [0.15, 0.2) is 0 Å². The first kappa shape index (κ1) is 15.1. The third-order valence-corrected chi connectivity index (χ3v) is 5.63. The van der Waals surface area contributed by atoms with E-state index in [0.717, 1.165) is 17.7 Å². The Kier molecular flexibility index (Phi) is 3.34. The van der Waals surface area contributed by atoms with Gasteiger partial charge in [-0.3, -0.25) is 24.2 Å². The fraction of sp³-hybridized carbons (Fsp3) is 0.421. The summed E-state index contributed by atoms with van der Waals surface area (Å²) in [6.45, 7) is 3.38. The Bertz CT molecular complexity index is 740. The highest BCUT2D eigenvalue weighted by Gasteiger charge is 2.59. The summed E-state index contributed by atoms with van der Waals surface area (Å²) in [5.41, 5.74) is 1.68. The van der Waals surface area contributed by atoms with E-state index >= 15 is 0 Å². The molecular formula is C19H20N2O3. The van der Waals surface area contributed by atoms with Gasteiger partial charge < -0.3 is 0 Å². The van der Waals surface area contributed by atoms with Crippen LogP contribution < -0.4 is 4.90 Å². The van der Waals surface area contributed by atoms with E-state index in [1.807, 2.05) is 31.2 Å². The van der Waals surface area contributed by atoms with Crippen LogP contribution >= 0.6 is 0 Å². The van der Waals surface area contributed by atoms with E-state index in [4.69, 9.17) is 0 Å². The van der Waals surface area contributed by atoms with E-state index in [1.165, 1.54) is 16.7 Å². The molecule has 1 aliphatic heterocycles. The third kappa shape index (κ3) is 2.04. The zero-order valence-electron chi connectivity index (χ0n) is 13.8. The summed E-state index contributed by atoms with van der Waals surface area (Å²) < 4.78 is 0. The van der Waals surface area contributed by atoms with Gasteiger partial charge in [0.2, 0.25) is 17.7 Å². The van der Waals surface area contributed by atoms with Gasteiger partial charge >= 0.3 is 0 Å². The Balaban J connectivity index is 1.62. The lowest BCUT2D eigenvalue weighted by Gasteiger charge is -2.28. The van der Waals surface area contributed by atoms with Crippen molar-refractivity contribution in [1.29, 1.82) is 0 Å². The maximum atomic E-state index is 12.8. The zero-order valence-corrected chi connectivity index (χ0v) is 13.8. The monoisotopic (exact) mass is 324 g/mol. The zero-order chi connectivity index (χ0) is 17.0. The van der Waals surface area contributed by atoms with Crippen molar-refractivity contribution in [2.24, 2.45) is 23.7 Å². The average molecular weight is 324 g/mol. The number of nitrogens with zero attached hydrogens (tertiary/aromatic N) is 2. The number of para-hydroxylation sites is 1. The van der Waals surface area contributed by atoms with Gasteiger partial charge in [0, 0.05) is 12.6 Å². The Labute approximate surface area is 140 Å². The maximum absolute atomic E-state index is 12.8. The molecule has 2 fully saturated rings. The van der Waals surface area contributed by atoms with Crippen molar-refractivity contribution in [2.75, 3.05) is 11.6 Å². The van der Waals surface area contributed by atoms with Crippen LogP contribution in [0.2, 0.25) is 0 Å². The number of fused-ring (bicyclic) bond motifs is 5. The molecule has 1 aromatic rings. The van der Waals surface area contributed by atoms with Crippen LogP contribution in [0.25, 0.3) is 0 Å². The van der Waals surface area contributed by atoms with E-state index in [9.17, 15) is 14.4 Å². The van der Waals surface area contributed by atoms with Crippen molar-refractivity contribution >= 4 is 23.4 Å². The van der Waals surface area contributed by atoms with Gasteiger partial charge in [0.1, 0.15) is 6.67 Å². The highest BCUT2D eigenvalue weighted by Crippen LogP contribution is 2.52.